The molecule has 0 saturated heterocycles. The van der Waals surface area contributed by atoms with Crippen molar-refractivity contribution in [1.29, 1.82) is 0 Å². The lowest BCUT2D eigenvalue weighted by Gasteiger charge is -1.97. The summed E-state index contributed by atoms with van der Waals surface area (Å²) in [6, 6.07) is 1.88. The van der Waals surface area contributed by atoms with E-state index in [2.05, 4.69) is 0 Å². The van der Waals surface area contributed by atoms with Crippen molar-refractivity contribution in [3.8, 4) is 0 Å². The molecule has 0 aliphatic carbocycles. The largest absolute Gasteiger partial charge is 0.396 e. The number of carbonyl (C=O) groups is 1. The molecule has 4 heteroatoms. The maximum absolute atomic E-state index is 10.8. The maximum atomic E-state index is 10.8. The van der Waals surface area contributed by atoms with Crippen LogP contribution in [-0.2, 0) is 6.42 Å². The standard InChI is InChI=1S/C8H11NO2S/c9-8(11)7-6(2-1-4-10)3-5-12-7/h3,5,10H,1-2,4H2,(H2,9,11). The first-order chi connectivity index (χ1) is 5.75. The summed E-state index contributed by atoms with van der Waals surface area (Å²) in [5.41, 5.74) is 6.09. The van der Waals surface area contributed by atoms with Gasteiger partial charge in [-0.15, -0.1) is 11.3 Å². The molecule has 1 aromatic rings. The van der Waals surface area contributed by atoms with Crippen molar-refractivity contribution >= 4 is 17.2 Å². The van der Waals surface area contributed by atoms with Gasteiger partial charge in [0, 0.05) is 6.61 Å². The summed E-state index contributed by atoms with van der Waals surface area (Å²) in [7, 11) is 0. The van der Waals surface area contributed by atoms with Crippen LogP contribution in [0.2, 0.25) is 0 Å². The number of aliphatic hydroxyl groups is 1. The predicted molar refractivity (Wildman–Crippen MR) is 48.2 cm³/mol. The second-order valence-electron chi connectivity index (χ2n) is 2.47. The molecular weight excluding hydrogens is 174 g/mol. The van der Waals surface area contributed by atoms with Crippen molar-refractivity contribution in [3.63, 3.8) is 0 Å². The van der Waals surface area contributed by atoms with Gasteiger partial charge in [-0.2, -0.15) is 0 Å². The molecule has 1 aromatic heterocycles. The minimum atomic E-state index is -0.377. The van der Waals surface area contributed by atoms with Gasteiger partial charge in [-0.05, 0) is 29.9 Å². The second-order valence-corrected chi connectivity index (χ2v) is 3.38. The molecule has 0 unspecified atom stereocenters. The Kier molecular flexibility index (Phi) is 3.25. The van der Waals surface area contributed by atoms with Crippen LogP contribution >= 0.6 is 11.3 Å². The molecule has 0 bridgehead atoms. The van der Waals surface area contributed by atoms with Crippen LogP contribution in [0.4, 0.5) is 0 Å². The summed E-state index contributed by atoms with van der Waals surface area (Å²) in [5, 5.41) is 10.4. The van der Waals surface area contributed by atoms with Crippen LogP contribution in [0.25, 0.3) is 0 Å². The van der Waals surface area contributed by atoms with Crippen LogP contribution in [-0.4, -0.2) is 17.6 Å². The number of aryl methyl sites for hydroxylation is 1. The van der Waals surface area contributed by atoms with E-state index >= 15 is 0 Å². The number of primary amides is 1. The molecule has 1 rings (SSSR count). The molecule has 0 aliphatic heterocycles. The third-order valence-corrected chi connectivity index (χ3v) is 2.55. The van der Waals surface area contributed by atoms with E-state index in [0.717, 1.165) is 12.0 Å². The minimum absolute atomic E-state index is 0.147. The highest BCUT2D eigenvalue weighted by atomic mass is 32.1. The number of hydrogen-bond donors (Lipinski definition) is 2. The van der Waals surface area contributed by atoms with Crippen molar-refractivity contribution < 1.29 is 9.90 Å². The Hall–Kier alpha value is -0.870. The fourth-order valence-corrected chi connectivity index (χ4v) is 1.82. The summed E-state index contributed by atoms with van der Waals surface area (Å²) in [5.74, 6) is -0.377. The van der Waals surface area contributed by atoms with E-state index in [-0.39, 0.29) is 12.5 Å². The van der Waals surface area contributed by atoms with Crippen LogP contribution in [0.3, 0.4) is 0 Å². The highest BCUT2D eigenvalue weighted by Gasteiger charge is 2.08. The molecular formula is C8H11NO2S. The van der Waals surface area contributed by atoms with Gasteiger partial charge in [-0.1, -0.05) is 0 Å². The number of amides is 1. The number of aliphatic hydroxyl groups excluding tert-OH is 1. The highest BCUT2D eigenvalue weighted by Crippen LogP contribution is 2.17. The summed E-state index contributed by atoms with van der Waals surface area (Å²) in [6.07, 6.45) is 1.40. The molecule has 0 radical (unpaired) electrons. The van der Waals surface area contributed by atoms with E-state index < -0.39 is 0 Å². The van der Waals surface area contributed by atoms with Crippen LogP contribution < -0.4 is 5.73 Å². The van der Waals surface area contributed by atoms with Crippen LogP contribution in [0.5, 0.6) is 0 Å². The molecule has 3 nitrogen and oxygen atoms in total. The SMILES string of the molecule is NC(=O)c1sccc1CCCO. The van der Waals surface area contributed by atoms with E-state index in [1.165, 1.54) is 11.3 Å². The van der Waals surface area contributed by atoms with Gasteiger partial charge in [0.1, 0.15) is 0 Å². The maximum Gasteiger partial charge on any atom is 0.259 e. The molecule has 0 spiro atoms. The van der Waals surface area contributed by atoms with Crippen molar-refractivity contribution in [2.24, 2.45) is 5.73 Å². The summed E-state index contributed by atoms with van der Waals surface area (Å²) >= 11 is 1.35. The van der Waals surface area contributed by atoms with Crippen molar-refractivity contribution in [1.82, 2.24) is 0 Å². The van der Waals surface area contributed by atoms with Gasteiger partial charge in [0.25, 0.3) is 5.91 Å². The first-order valence-corrected chi connectivity index (χ1v) is 4.60. The summed E-state index contributed by atoms with van der Waals surface area (Å²) in [4.78, 5) is 11.4. The third-order valence-electron chi connectivity index (χ3n) is 1.57. The first-order valence-electron chi connectivity index (χ1n) is 3.72. The quantitative estimate of drug-likeness (QED) is 0.727. The number of thiophene rings is 1. The molecule has 1 amide bonds. The summed E-state index contributed by atoms with van der Waals surface area (Å²) in [6.45, 7) is 0.147. The van der Waals surface area contributed by atoms with Crippen molar-refractivity contribution in [3.05, 3.63) is 21.9 Å². The molecule has 0 aromatic carbocycles. The predicted octanol–water partition coefficient (Wildman–Crippen LogP) is 0.772. The Balaban J connectivity index is 2.70. The Morgan fingerprint density at radius 1 is 1.67 bits per heavy atom. The average Bonchev–Trinajstić information content (AvgIpc) is 2.48. The Labute approximate surface area is 74.8 Å². The smallest absolute Gasteiger partial charge is 0.259 e. The van der Waals surface area contributed by atoms with Gasteiger partial charge in [-0.25, -0.2) is 0 Å². The van der Waals surface area contributed by atoms with E-state index in [9.17, 15) is 4.79 Å². The van der Waals surface area contributed by atoms with Gasteiger partial charge in [0.2, 0.25) is 0 Å². The lowest BCUT2D eigenvalue weighted by molar-refractivity contribution is 0.100. The topological polar surface area (TPSA) is 63.3 Å². The van der Waals surface area contributed by atoms with E-state index in [4.69, 9.17) is 10.8 Å². The lowest BCUT2D eigenvalue weighted by atomic mass is 10.1. The normalized spacial score (nSPS) is 10.1. The van der Waals surface area contributed by atoms with Crippen LogP contribution in [0, 0.1) is 0 Å². The Bertz CT molecular complexity index is 270. The third kappa shape index (κ3) is 2.06. The van der Waals surface area contributed by atoms with E-state index in [1.807, 2.05) is 11.4 Å². The zero-order chi connectivity index (χ0) is 8.97. The second kappa shape index (κ2) is 4.23. The zero-order valence-corrected chi connectivity index (χ0v) is 7.43. The number of nitrogens with two attached hydrogens (primary N) is 1. The van der Waals surface area contributed by atoms with Crippen molar-refractivity contribution in [2.45, 2.75) is 12.8 Å². The molecule has 1 heterocycles. The summed E-state index contributed by atoms with van der Waals surface area (Å²) < 4.78 is 0. The van der Waals surface area contributed by atoms with Gasteiger partial charge in [-0.3, -0.25) is 4.79 Å². The van der Waals surface area contributed by atoms with Crippen LogP contribution in [0.15, 0.2) is 11.4 Å². The molecule has 0 fully saturated rings. The molecule has 0 atom stereocenters. The Morgan fingerprint density at radius 3 is 3.00 bits per heavy atom. The first kappa shape index (κ1) is 9.22. The number of rotatable bonds is 4. The van der Waals surface area contributed by atoms with Gasteiger partial charge in [0.05, 0.1) is 4.88 Å². The van der Waals surface area contributed by atoms with Crippen molar-refractivity contribution in [2.75, 3.05) is 6.61 Å². The van der Waals surface area contributed by atoms with Gasteiger partial charge in [0.15, 0.2) is 0 Å². The van der Waals surface area contributed by atoms with E-state index in [0.29, 0.717) is 11.3 Å². The van der Waals surface area contributed by atoms with E-state index in [1.54, 1.807) is 0 Å². The fraction of sp³-hybridized carbons (Fsp3) is 0.375. The monoisotopic (exact) mass is 185 g/mol. The fourth-order valence-electron chi connectivity index (χ4n) is 1.02. The minimum Gasteiger partial charge on any atom is -0.396 e. The average molecular weight is 185 g/mol. The van der Waals surface area contributed by atoms with Gasteiger partial charge >= 0.3 is 0 Å². The zero-order valence-electron chi connectivity index (χ0n) is 6.62. The van der Waals surface area contributed by atoms with Gasteiger partial charge < -0.3 is 10.8 Å². The molecule has 12 heavy (non-hydrogen) atoms. The molecule has 3 N–H and O–H groups in total. The molecule has 66 valence electrons. The molecule has 0 aliphatic rings. The number of carbonyl (C=O) groups excluding carboxylic acids is 1. The number of hydrogen-bond acceptors (Lipinski definition) is 3. The van der Waals surface area contributed by atoms with Crippen LogP contribution in [0.1, 0.15) is 21.7 Å². The Morgan fingerprint density at radius 2 is 2.42 bits per heavy atom. The molecule has 0 saturated carbocycles. The lowest BCUT2D eigenvalue weighted by Crippen LogP contribution is -2.11. The highest BCUT2D eigenvalue weighted by molar-refractivity contribution is 7.12.